The summed E-state index contributed by atoms with van der Waals surface area (Å²) in [4.78, 5) is 36.6. The van der Waals surface area contributed by atoms with E-state index in [1.54, 1.807) is 0 Å². The van der Waals surface area contributed by atoms with Crippen molar-refractivity contribution in [2.75, 3.05) is 20.3 Å². The van der Waals surface area contributed by atoms with Crippen molar-refractivity contribution < 1.29 is 33.8 Å². The number of Topliss-reactive ketones (excluding diaryl/α,β-unsaturated/α-hetero) is 1. The van der Waals surface area contributed by atoms with Crippen LogP contribution in [0.5, 0.6) is 0 Å². The van der Waals surface area contributed by atoms with Crippen molar-refractivity contribution >= 4 is 23.9 Å². The number of rotatable bonds is 8. The molecule has 9 heteroatoms. The second-order valence-electron chi connectivity index (χ2n) is 4.31. The summed E-state index contributed by atoms with van der Waals surface area (Å²) in [5.74, 6) is -2.40. The van der Waals surface area contributed by atoms with Crippen LogP contribution in [0.1, 0.15) is 12.8 Å². The normalized spacial score (nSPS) is 17.2. The number of carboxylic acids is 1. The summed E-state index contributed by atoms with van der Waals surface area (Å²) in [6.45, 7) is 0.107. The molecule has 1 aliphatic heterocycles. The highest BCUT2D eigenvalue weighted by molar-refractivity contribution is 6.25. The van der Waals surface area contributed by atoms with Crippen LogP contribution in [0.25, 0.3) is 5.53 Å². The number of hydrogen-bond acceptors (Lipinski definition) is 5. The molecule has 2 N–H and O–H groups in total. The van der Waals surface area contributed by atoms with Gasteiger partial charge in [0.1, 0.15) is 6.04 Å². The molecule has 0 aromatic rings. The Balaban J connectivity index is 2.59. The molecule has 0 spiro atoms. The van der Waals surface area contributed by atoms with Gasteiger partial charge in [0.05, 0.1) is 13.2 Å². The molecule has 0 bridgehead atoms. The summed E-state index contributed by atoms with van der Waals surface area (Å²) in [5, 5.41) is 11.3. The topological polar surface area (TPSA) is 138 Å². The predicted molar refractivity (Wildman–Crippen MR) is 64.0 cm³/mol. The fraction of sp³-hybridized carbons (Fsp3) is 0.636. The van der Waals surface area contributed by atoms with E-state index < -0.39 is 29.3 Å². The predicted octanol–water partition coefficient (Wildman–Crippen LogP) is -1.38. The highest BCUT2D eigenvalue weighted by atomic mass is 16.6. The van der Waals surface area contributed by atoms with Crippen molar-refractivity contribution in [3.63, 3.8) is 0 Å². The van der Waals surface area contributed by atoms with Gasteiger partial charge < -0.3 is 25.4 Å². The van der Waals surface area contributed by atoms with Crippen LogP contribution in [-0.2, 0) is 23.9 Å². The van der Waals surface area contributed by atoms with Gasteiger partial charge in [0.2, 0.25) is 5.78 Å². The third kappa shape index (κ3) is 3.70. The highest BCUT2D eigenvalue weighted by Crippen LogP contribution is 2.21. The van der Waals surface area contributed by atoms with Crippen LogP contribution in [0.15, 0.2) is 0 Å². The van der Waals surface area contributed by atoms with Gasteiger partial charge >= 0.3 is 12.2 Å². The Morgan fingerprint density at radius 1 is 1.55 bits per heavy atom. The molecule has 9 nitrogen and oxygen atoms in total. The van der Waals surface area contributed by atoms with E-state index in [4.69, 9.17) is 20.1 Å². The molecule has 1 aliphatic rings. The Labute approximate surface area is 114 Å². The monoisotopic (exact) mass is 285 g/mol. The van der Waals surface area contributed by atoms with Crippen LogP contribution in [-0.4, -0.2) is 65.7 Å². The van der Waals surface area contributed by atoms with Gasteiger partial charge in [-0.3, -0.25) is 9.59 Å². The lowest BCUT2D eigenvalue weighted by Gasteiger charge is -2.38. The Hall–Kier alpha value is -2.09. The molecule has 1 heterocycles. The first kappa shape index (κ1) is 16.0. The molecular formula is C11H15N3O6. The minimum Gasteiger partial charge on any atom is -0.480 e. The second-order valence-corrected chi connectivity index (χ2v) is 4.31. The molecule has 0 saturated carbocycles. The van der Waals surface area contributed by atoms with Gasteiger partial charge in [0.25, 0.3) is 5.91 Å². The Morgan fingerprint density at radius 2 is 2.20 bits per heavy atom. The zero-order valence-electron chi connectivity index (χ0n) is 10.9. The van der Waals surface area contributed by atoms with Crippen LogP contribution < -0.4 is 5.32 Å². The molecule has 0 aliphatic carbocycles. The van der Waals surface area contributed by atoms with Gasteiger partial charge in [-0.1, -0.05) is 0 Å². The minimum atomic E-state index is -1.27. The number of carboxylic acid groups (broad SMARTS) is 1. The van der Waals surface area contributed by atoms with E-state index >= 15 is 0 Å². The van der Waals surface area contributed by atoms with Gasteiger partial charge in [-0.05, 0) is 6.42 Å². The summed E-state index contributed by atoms with van der Waals surface area (Å²) >= 11 is 0. The van der Waals surface area contributed by atoms with Crippen molar-refractivity contribution in [3.8, 4) is 0 Å². The molecule has 0 aromatic heterocycles. The number of nitrogens with zero attached hydrogens (tertiary/aromatic N) is 2. The number of aliphatic carboxylic acids is 1. The first-order chi connectivity index (χ1) is 9.45. The summed E-state index contributed by atoms with van der Waals surface area (Å²) in [7, 11) is 1.33. The van der Waals surface area contributed by atoms with Crippen molar-refractivity contribution in [2.24, 2.45) is 0 Å². The van der Waals surface area contributed by atoms with Gasteiger partial charge in [0.15, 0.2) is 5.60 Å². The summed E-state index contributed by atoms with van der Waals surface area (Å²) in [6.07, 6.45) is 0.390. The van der Waals surface area contributed by atoms with E-state index in [2.05, 4.69) is 10.1 Å². The van der Waals surface area contributed by atoms with E-state index in [0.29, 0.717) is 6.21 Å². The van der Waals surface area contributed by atoms with Crippen LogP contribution in [0.2, 0.25) is 0 Å². The SMILES string of the molecule is COC1(C(=O)NC(CCC(=O)C=[N+]=[N-])C(=O)O)COC1. The number of hydrogen-bond donors (Lipinski definition) is 2. The summed E-state index contributed by atoms with van der Waals surface area (Å²) in [6, 6.07) is -1.23. The lowest BCUT2D eigenvalue weighted by atomic mass is 9.99. The third-order valence-corrected chi connectivity index (χ3v) is 2.96. The van der Waals surface area contributed by atoms with Gasteiger partial charge in [0, 0.05) is 13.5 Å². The van der Waals surface area contributed by atoms with E-state index in [9.17, 15) is 14.4 Å². The lowest BCUT2D eigenvalue weighted by Crippen LogP contribution is -2.63. The molecule has 0 radical (unpaired) electrons. The van der Waals surface area contributed by atoms with Crippen LogP contribution >= 0.6 is 0 Å². The van der Waals surface area contributed by atoms with Gasteiger partial charge in [-0.2, -0.15) is 4.79 Å². The molecule has 1 saturated heterocycles. The Kier molecular flexibility index (Phi) is 5.51. The quantitative estimate of drug-likeness (QED) is 0.320. The minimum absolute atomic E-state index is 0.0533. The summed E-state index contributed by atoms with van der Waals surface area (Å²) < 4.78 is 9.92. The van der Waals surface area contributed by atoms with Gasteiger partial charge in [-0.25, -0.2) is 4.79 Å². The number of ether oxygens (including phenoxy) is 2. The number of methoxy groups -OCH3 is 1. The highest BCUT2D eigenvalue weighted by Gasteiger charge is 2.47. The summed E-state index contributed by atoms with van der Waals surface area (Å²) in [5.41, 5.74) is 7.00. The smallest absolute Gasteiger partial charge is 0.326 e. The molecular weight excluding hydrogens is 270 g/mol. The standard InChI is InChI=1S/C11H15N3O6/c1-19-11(5-20-6-11)10(18)14-8(9(16)17)3-2-7(15)4-13-12/h4,8H,2-3,5-6H2,1H3,(H,14,18)(H,16,17). The molecule has 1 unspecified atom stereocenters. The molecule has 1 atom stereocenters. The Bertz CT molecular complexity index is 448. The molecule has 1 amide bonds. The number of ketones is 1. The van der Waals surface area contributed by atoms with E-state index in [0.717, 1.165) is 0 Å². The van der Waals surface area contributed by atoms with Crippen LogP contribution in [0, 0.1) is 0 Å². The third-order valence-electron chi connectivity index (χ3n) is 2.96. The first-order valence-electron chi connectivity index (χ1n) is 5.82. The second kappa shape index (κ2) is 6.90. The van der Waals surface area contributed by atoms with E-state index in [1.807, 2.05) is 0 Å². The molecule has 1 rings (SSSR count). The fourth-order valence-electron chi connectivity index (χ4n) is 1.59. The molecule has 1 fully saturated rings. The van der Waals surface area contributed by atoms with Crippen molar-refractivity contribution in [3.05, 3.63) is 5.53 Å². The number of carbonyl (C=O) groups is 3. The maximum Gasteiger partial charge on any atom is 0.326 e. The lowest BCUT2D eigenvalue weighted by molar-refractivity contribution is -0.202. The van der Waals surface area contributed by atoms with Crippen molar-refractivity contribution in [1.82, 2.24) is 5.32 Å². The maximum atomic E-state index is 11.9. The zero-order valence-corrected chi connectivity index (χ0v) is 10.9. The van der Waals surface area contributed by atoms with Crippen molar-refractivity contribution in [2.45, 2.75) is 24.5 Å². The molecule has 20 heavy (non-hydrogen) atoms. The average Bonchev–Trinajstić information content (AvgIpc) is 2.33. The van der Waals surface area contributed by atoms with Crippen molar-refractivity contribution in [1.29, 1.82) is 0 Å². The molecule has 110 valence electrons. The fourth-order valence-corrected chi connectivity index (χ4v) is 1.59. The van der Waals surface area contributed by atoms with Gasteiger partial charge in [-0.15, -0.1) is 0 Å². The van der Waals surface area contributed by atoms with Crippen LogP contribution in [0.4, 0.5) is 0 Å². The Morgan fingerprint density at radius 3 is 2.60 bits per heavy atom. The average molecular weight is 285 g/mol. The molecule has 0 aromatic carbocycles. The zero-order chi connectivity index (χ0) is 15.2. The van der Waals surface area contributed by atoms with E-state index in [1.165, 1.54) is 7.11 Å². The number of amides is 1. The first-order valence-corrected chi connectivity index (χ1v) is 5.82. The largest absolute Gasteiger partial charge is 0.480 e. The van der Waals surface area contributed by atoms with Crippen LogP contribution in [0.3, 0.4) is 0 Å². The van der Waals surface area contributed by atoms with E-state index in [-0.39, 0.29) is 26.1 Å². The number of nitrogens with one attached hydrogen (secondary N) is 1. The maximum absolute atomic E-state index is 11.9. The number of carbonyl (C=O) groups excluding carboxylic acids is 2.